The van der Waals surface area contributed by atoms with E-state index >= 15 is 0 Å². The normalized spacial score (nSPS) is 18.0. The van der Waals surface area contributed by atoms with Crippen molar-refractivity contribution in [1.82, 2.24) is 4.90 Å². The summed E-state index contributed by atoms with van der Waals surface area (Å²) in [5, 5.41) is 8.83. The smallest absolute Gasteiger partial charge is 0.261 e. The standard InChI is InChI=1S/C21H20N2O4/c22-13-15-3-6-17(7-4-15)27-14-21(24)23-9-1-2-18(23)16-5-8-19-20(12-16)26-11-10-25-19/h3-8,12,18H,1-2,9-11,14H2. The Labute approximate surface area is 157 Å². The SMILES string of the molecule is N#Cc1ccc(OCC(=O)N2CCCC2c2ccc3c(c2)OCCO3)cc1. The summed E-state index contributed by atoms with van der Waals surface area (Å²) in [5.74, 6) is 2.03. The largest absolute Gasteiger partial charge is 0.486 e. The molecule has 138 valence electrons. The molecule has 2 heterocycles. The zero-order valence-corrected chi connectivity index (χ0v) is 14.9. The maximum Gasteiger partial charge on any atom is 0.261 e. The Morgan fingerprint density at radius 3 is 2.70 bits per heavy atom. The zero-order valence-electron chi connectivity index (χ0n) is 14.9. The number of hydrogen-bond donors (Lipinski definition) is 0. The van der Waals surface area contributed by atoms with Crippen LogP contribution in [0.4, 0.5) is 0 Å². The second-order valence-corrected chi connectivity index (χ2v) is 6.57. The first kappa shape index (κ1) is 17.2. The summed E-state index contributed by atoms with van der Waals surface area (Å²) in [6.45, 7) is 1.80. The van der Waals surface area contributed by atoms with E-state index in [-0.39, 0.29) is 18.6 Å². The molecule has 1 unspecified atom stereocenters. The zero-order chi connectivity index (χ0) is 18.6. The fraction of sp³-hybridized carbons (Fsp3) is 0.333. The van der Waals surface area contributed by atoms with Gasteiger partial charge in [0.25, 0.3) is 5.91 Å². The lowest BCUT2D eigenvalue weighted by Crippen LogP contribution is -2.34. The van der Waals surface area contributed by atoms with Crippen molar-refractivity contribution in [2.75, 3.05) is 26.4 Å². The van der Waals surface area contributed by atoms with Crippen molar-refractivity contribution in [2.24, 2.45) is 0 Å². The van der Waals surface area contributed by atoms with Gasteiger partial charge in [-0.3, -0.25) is 4.79 Å². The number of carbonyl (C=O) groups is 1. The van der Waals surface area contributed by atoms with E-state index in [1.807, 2.05) is 23.1 Å². The molecule has 1 atom stereocenters. The quantitative estimate of drug-likeness (QED) is 0.834. The minimum atomic E-state index is -0.0447. The molecule has 1 amide bonds. The average Bonchev–Trinajstić information content (AvgIpc) is 3.22. The van der Waals surface area contributed by atoms with Gasteiger partial charge < -0.3 is 19.1 Å². The van der Waals surface area contributed by atoms with Gasteiger partial charge in [0.05, 0.1) is 17.7 Å². The minimum Gasteiger partial charge on any atom is -0.486 e. The molecule has 0 radical (unpaired) electrons. The molecule has 0 aliphatic carbocycles. The Morgan fingerprint density at radius 2 is 1.93 bits per heavy atom. The molecule has 0 saturated carbocycles. The van der Waals surface area contributed by atoms with Crippen molar-refractivity contribution in [3.05, 3.63) is 53.6 Å². The second kappa shape index (κ2) is 7.58. The van der Waals surface area contributed by atoms with E-state index in [2.05, 4.69) is 6.07 Å². The van der Waals surface area contributed by atoms with Crippen LogP contribution in [-0.4, -0.2) is 37.2 Å². The Kier molecular flexibility index (Phi) is 4.84. The van der Waals surface area contributed by atoms with Crippen molar-refractivity contribution in [1.29, 1.82) is 5.26 Å². The molecule has 0 spiro atoms. The molecular formula is C21H20N2O4. The fourth-order valence-corrected chi connectivity index (χ4v) is 3.53. The highest BCUT2D eigenvalue weighted by Gasteiger charge is 2.31. The Morgan fingerprint density at radius 1 is 1.15 bits per heavy atom. The van der Waals surface area contributed by atoms with Crippen LogP contribution in [0.15, 0.2) is 42.5 Å². The lowest BCUT2D eigenvalue weighted by molar-refractivity contribution is -0.134. The van der Waals surface area contributed by atoms with Crippen molar-refractivity contribution >= 4 is 5.91 Å². The first-order chi connectivity index (χ1) is 13.2. The van der Waals surface area contributed by atoms with E-state index in [9.17, 15) is 4.79 Å². The minimum absolute atomic E-state index is 0.0209. The van der Waals surface area contributed by atoms with Gasteiger partial charge in [0.1, 0.15) is 19.0 Å². The summed E-state index contributed by atoms with van der Waals surface area (Å²) < 4.78 is 16.9. The van der Waals surface area contributed by atoms with Crippen LogP contribution in [0.5, 0.6) is 17.2 Å². The van der Waals surface area contributed by atoms with E-state index in [1.165, 1.54) is 0 Å². The molecule has 6 heteroatoms. The highest BCUT2D eigenvalue weighted by molar-refractivity contribution is 5.78. The Hall–Kier alpha value is -3.20. The van der Waals surface area contributed by atoms with Crippen molar-refractivity contribution < 1.29 is 19.0 Å². The van der Waals surface area contributed by atoms with E-state index < -0.39 is 0 Å². The lowest BCUT2D eigenvalue weighted by Gasteiger charge is -2.26. The van der Waals surface area contributed by atoms with Crippen molar-refractivity contribution in [3.8, 4) is 23.3 Å². The van der Waals surface area contributed by atoms with Crippen LogP contribution in [-0.2, 0) is 4.79 Å². The van der Waals surface area contributed by atoms with E-state index in [1.54, 1.807) is 24.3 Å². The first-order valence-corrected chi connectivity index (χ1v) is 9.06. The summed E-state index contributed by atoms with van der Waals surface area (Å²) in [6, 6.07) is 14.7. The Balaban J connectivity index is 1.43. The number of nitrogens with zero attached hydrogens (tertiary/aromatic N) is 2. The predicted octanol–water partition coefficient (Wildman–Crippen LogP) is 3.07. The number of benzene rings is 2. The molecule has 1 saturated heterocycles. The van der Waals surface area contributed by atoms with Gasteiger partial charge in [-0.2, -0.15) is 5.26 Å². The molecule has 4 rings (SSSR count). The van der Waals surface area contributed by atoms with Gasteiger partial charge in [-0.1, -0.05) is 6.07 Å². The molecule has 0 aromatic heterocycles. The third kappa shape index (κ3) is 3.68. The highest BCUT2D eigenvalue weighted by Crippen LogP contribution is 2.38. The van der Waals surface area contributed by atoms with Crippen LogP contribution < -0.4 is 14.2 Å². The average molecular weight is 364 g/mol. The number of ether oxygens (including phenoxy) is 3. The van der Waals surface area contributed by atoms with Crippen LogP contribution in [0.25, 0.3) is 0 Å². The summed E-state index contributed by atoms with van der Waals surface area (Å²) in [6.07, 6.45) is 1.88. The number of rotatable bonds is 4. The Bertz CT molecular complexity index is 873. The molecule has 2 aliphatic heterocycles. The molecule has 1 fully saturated rings. The van der Waals surface area contributed by atoms with Crippen molar-refractivity contribution in [2.45, 2.75) is 18.9 Å². The monoisotopic (exact) mass is 364 g/mol. The van der Waals surface area contributed by atoms with E-state index in [4.69, 9.17) is 19.5 Å². The second-order valence-electron chi connectivity index (χ2n) is 6.57. The molecule has 6 nitrogen and oxygen atoms in total. The molecule has 0 bridgehead atoms. The molecule has 2 aromatic carbocycles. The number of hydrogen-bond acceptors (Lipinski definition) is 5. The molecular weight excluding hydrogens is 344 g/mol. The van der Waals surface area contributed by atoms with Gasteiger partial charge in [0.15, 0.2) is 18.1 Å². The predicted molar refractivity (Wildman–Crippen MR) is 97.8 cm³/mol. The van der Waals surface area contributed by atoms with Crippen molar-refractivity contribution in [3.63, 3.8) is 0 Å². The van der Waals surface area contributed by atoms with E-state index in [0.29, 0.717) is 31.1 Å². The summed E-state index contributed by atoms with van der Waals surface area (Å²) in [4.78, 5) is 14.6. The number of nitriles is 1. The van der Waals surface area contributed by atoms with Crippen LogP contribution in [0.1, 0.15) is 30.0 Å². The van der Waals surface area contributed by atoms with Gasteiger partial charge >= 0.3 is 0 Å². The van der Waals surface area contributed by atoms with Gasteiger partial charge in [0.2, 0.25) is 0 Å². The van der Waals surface area contributed by atoms with Gasteiger partial charge in [0, 0.05) is 6.54 Å². The molecule has 2 aromatic rings. The highest BCUT2D eigenvalue weighted by atomic mass is 16.6. The van der Waals surface area contributed by atoms with Crippen LogP contribution >= 0.6 is 0 Å². The molecule has 27 heavy (non-hydrogen) atoms. The molecule has 0 N–H and O–H groups in total. The number of likely N-dealkylation sites (tertiary alicyclic amines) is 1. The first-order valence-electron chi connectivity index (χ1n) is 9.06. The summed E-state index contributed by atoms with van der Waals surface area (Å²) in [5.41, 5.74) is 1.62. The third-order valence-corrected chi connectivity index (χ3v) is 4.87. The van der Waals surface area contributed by atoms with Gasteiger partial charge in [-0.15, -0.1) is 0 Å². The third-order valence-electron chi connectivity index (χ3n) is 4.87. The van der Waals surface area contributed by atoms with Gasteiger partial charge in [-0.05, 0) is 54.8 Å². The maximum atomic E-state index is 12.7. The number of carbonyl (C=O) groups excluding carboxylic acids is 1. The molecule has 2 aliphatic rings. The topological polar surface area (TPSA) is 71.8 Å². The lowest BCUT2D eigenvalue weighted by atomic mass is 10.0. The maximum absolute atomic E-state index is 12.7. The fourth-order valence-electron chi connectivity index (χ4n) is 3.53. The van der Waals surface area contributed by atoms with Crippen LogP contribution in [0, 0.1) is 11.3 Å². The summed E-state index contributed by atoms with van der Waals surface area (Å²) in [7, 11) is 0. The number of fused-ring (bicyclic) bond motifs is 1. The van der Waals surface area contributed by atoms with E-state index in [0.717, 1.165) is 29.9 Å². The van der Waals surface area contributed by atoms with Gasteiger partial charge in [-0.25, -0.2) is 0 Å². The van der Waals surface area contributed by atoms with Crippen LogP contribution in [0.3, 0.4) is 0 Å². The number of amides is 1. The van der Waals surface area contributed by atoms with Crippen LogP contribution in [0.2, 0.25) is 0 Å². The summed E-state index contributed by atoms with van der Waals surface area (Å²) >= 11 is 0.